The Hall–Kier alpha value is -1.54. The molecule has 0 amide bonds. The largest absolute Gasteiger partial charge is 0.276 e. The monoisotopic (exact) mass is 317 g/mol. The second kappa shape index (κ2) is 4.78. The van der Waals surface area contributed by atoms with Crippen LogP contribution in [0.4, 0.5) is 5.69 Å². The molecular formula is C11H16ClN5O2S. The van der Waals surface area contributed by atoms with Crippen LogP contribution in [0.3, 0.4) is 0 Å². The van der Waals surface area contributed by atoms with Crippen molar-refractivity contribution in [3.8, 4) is 0 Å². The zero-order valence-electron chi connectivity index (χ0n) is 11.9. The van der Waals surface area contributed by atoms with Crippen molar-refractivity contribution in [3.63, 3.8) is 0 Å². The van der Waals surface area contributed by atoms with Crippen LogP contribution in [-0.2, 0) is 24.1 Å². The Morgan fingerprint density at radius 3 is 2.00 bits per heavy atom. The number of hydrogen-bond acceptors (Lipinski definition) is 4. The van der Waals surface area contributed by atoms with Gasteiger partial charge in [-0.25, -0.2) is 8.42 Å². The number of nitrogens with zero attached hydrogens (tertiary/aromatic N) is 4. The molecule has 2 rings (SSSR count). The van der Waals surface area contributed by atoms with Crippen LogP contribution in [0.25, 0.3) is 0 Å². The maximum atomic E-state index is 12.5. The molecule has 0 aliphatic rings. The maximum Gasteiger partial charge on any atom is 0.266 e. The summed E-state index contributed by atoms with van der Waals surface area (Å²) in [7, 11) is -0.460. The number of aryl methyl sites for hydroxylation is 4. The smallest absolute Gasteiger partial charge is 0.266 e. The summed E-state index contributed by atoms with van der Waals surface area (Å²) in [6, 6.07) is 0. The summed E-state index contributed by atoms with van der Waals surface area (Å²) >= 11 is 6.01. The van der Waals surface area contributed by atoms with Crippen molar-refractivity contribution in [1.82, 2.24) is 19.6 Å². The number of aromatic nitrogens is 4. The van der Waals surface area contributed by atoms with Gasteiger partial charge in [-0.15, -0.1) is 0 Å². The van der Waals surface area contributed by atoms with E-state index in [9.17, 15) is 8.42 Å². The summed E-state index contributed by atoms with van der Waals surface area (Å²) in [6.07, 6.45) is 0. The summed E-state index contributed by atoms with van der Waals surface area (Å²) in [5.74, 6) is 0. The molecule has 0 unspecified atom stereocenters. The van der Waals surface area contributed by atoms with Crippen molar-refractivity contribution in [3.05, 3.63) is 22.2 Å². The van der Waals surface area contributed by atoms with Gasteiger partial charge in [0, 0.05) is 14.1 Å². The molecule has 2 aromatic heterocycles. The van der Waals surface area contributed by atoms with Gasteiger partial charge >= 0.3 is 0 Å². The van der Waals surface area contributed by atoms with E-state index in [1.807, 2.05) is 0 Å². The normalized spacial score (nSPS) is 11.9. The third-order valence-electron chi connectivity index (χ3n) is 3.11. The number of sulfonamides is 1. The molecule has 7 nitrogen and oxygen atoms in total. The Morgan fingerprint density at radius 1 is 1.05 bits per heavy atom. The van der Waals surface area contributed by atoms with Crippen molar-refractivity contribution < 1.29 is 8.42 Å². The topological polar surface area (TPSA) is 81.8 Å². The van der Waals surface area contributed by atoms with E-state index in [1.54, 1.807) is 39.5 Å². The Balaban J connectivity index is 2.52. The lowest BCUT2D eigenvalue weighted by molar-refractivity contribution is 0.600. The number of nitrogens with one attached hydrogen (secondary N) is 1. The second-order valence-corrected chi connectivity index (χ2v) is 6.58. The summed E-state index contributed by atoms with van der Waals surface area (Å²) in [5.41, 5.74) is 2.14. The third kappa shape index (κ3) is 2.29. The number of halogens is 1. The minimum Gasteiger partial charge on any atom is -0.276 e. The van der Waals surface area contributed by atoms with Gasteiger partial charge in [0.1, 0.15) is 10.0 Å². The molecule has 20 heavy (non-hydrogen) atoms. The van der Waals surface area contributed by atoms with Crippen molar-refractivity contribution in [2.24, 2.45) is 14.1 Å². The minimum atomic E-state index is -3.80. The van der Waals surface area contributed by atoms with Crippen molar-refractivity contribution >= 4 is 27.3 Å². The average molecular weight is 318 g/mol. The summed E-state index contributed by atoms with van der Waals surface area (Å²) in [5, 5.41) is 8.27. The molecule has 0 saturated carbocycles. The van der Waals surface area contributed by atoms with E-state index in [-0.39, 0.29) is 10.0 Å². The SMILES string of the molecule is Cc1nn(C)c(C)c1NS(=O)(=O)c1c(C)nn(C)c1Cl. The molecule has 0 fully saturated rings. The van der Waals surface area contributed by atoms with Crippen LogP contribution in [-0.4, -0.2) is 28.0 Å². The standard InChI is InChI=1S/C11H16ClN5O2S/c1-6-9(8(3)16(4)13-6)15-20(18,19)10-7(2)14-17(5)11(10)12/h15H,1-5H3. The van der Waals surface area contributed by atoms with Gasteiger partial charge in [0.15, 0.2) is 0 Å². The van der Waals surface area contributed by atoms with Gasteiger partial charge in [-0.05, 0) is 20.8 Å². The van der Waals surface area contributed by atoms with Crippen LogP contribution >= 0.6 is 11.6 Å². The first-order valence-electron chi connectivity index (χ1n) is 5.87. The van der Waals surface area contributed by atoms with E-state index >= 15 is 0 Å². The highest BCUT2D eigenvalue weighted by Crippen LogP contribution is 2.28. The van der Waals surface area contributed by atoms with Gasteiger partial charge in [-0.3, -0.25) is 14.1 Å². The fraction of sp³-hybridized carbons (Fsp3) is 0.455. The number of anilines is 1. The molecule has 0 saturated heterocycles. The highest BCUT2D eigenvalue weighted by atomic mass is 35.5. The molecule has 0 aliphatic heterocycles. The van der Waals surface area contributed by atoms with Crippen molar-refractivity contribution in [1.29, 1.82) is 0 Å². The molecule has 0 bridgehead atoms. The van der Waals surface area contributed by atoms with Crippen molar-refractivity contribution in [2.75, 3.05) is 4.72 Å². The Kier molecular flexibility index (Phi) is 3.55. The minimum absolute atomic E-state index is 0.00989. The lowest BCUT2D eigenvalue weighted by Crippen LogP contribution is -2.15. The predicted octanol–water partition coefficient (Wildman–Crippen LogP) is 1.53. The van der Waals surface area contributed by atoms with Crippen LogP contribution in [0.1, 0.15) is 17.1 Å². The maximum absolute atomic E-state index is 12.5. The molecule has 2 heterocycles. The first kappa shape index (κ1) is 14.9. The molecule has 0 radical (unpaired) electrons. The molecule has 0 aromatic carbocycles. The van der Waals surface area contributed by atoms with Crippen LogP contribution in [0, 0.1) is 20.8 Å². The van der Waals surface area contributed by atoms with E-state index in [0.717, 1.165) is 5.69 Å². The lowest BCUT2D eigenvalue weighted by atomic mass is 10.3. The number of hydrogen-bond donors (Lipinski definition) is 1. The van der Waals surface area contributed by atoms with Gasteiger partial charge in [0.25, 0.3) is 10.0 Å². The van der Waals surface area contributed by atoms with Crippen molar-refractivity contribution in [2.45, 2.75) is 25.7 Å². The second-order valence-electron chi connectivity index (χ2n) is 4.60. The third-order valence-corrected chi connectivity index (χ3v) is 5.16. The van der Waals surface area contributed by atoms with Crippen LogP contribution in [0.5, 0.6) is 0 Å². The summed E-state index contributed by atoms with van der Waals surface area (Å²) < 4.78 is 30.5. The predicted molar refractivity (Wildman–Crippen MR) is 76.4 cm³/mol. The molecule has 0 aliphatic carbocycles. The Morgan fingerprint density at radius 2 is 1.60 bits per heavy atom. The van der Waals surface area contributed by atoms with Crippen LogP contribution in [0.15, 0.2) is 4.90 Å². The highest BCUT2D eigenvalue weighted by Gasteiger charge is 2.27. The fourth-order valence-electron chi connectivity index (χ4n) is 2.02. The van der Waals surface area contributed by atoms with Gasteiger partial charge in [-0.1, -0.05) is 11.6 Å². The first-order chi connectivity index (χ1) is 9.15. The zero-order valence-corrected chi connectivity index (χ0v) is 13.5. The molecule has 0 atom stereocenters. The molecule has 1 N–H and O–H groups in total. The molecular weight excluding hydrogens is 302 g/mol. The van der Waals surface area contributed by atoms with E-state index in [0.29, 0.717) is 17.1 Å². The molecule has 9 heteroatoms. The van der Waals surface area contributed by atoms with Gasteiger partial charge in [0.2, 0.25) is 0 Å². The quantitative estimate of drug-likeness (QED) is 0.930. The van der Waals surface area contributed by atoms with E-state index in [2.05, 4.69) is 14.9 Å². The zero-order chi connectivity index (χ0) is 15.2. The van der Waals surface area contributed by atoms with Gasteiger partial charge in [0.05, 0.1) is 22.8 Å². The fourth-order valence-corrected chi connectivity index (χ4v) is 3.95. The Bertz CT molecular complexity index is 775. The Labute approximate surface area is 122 Å². The number of rotatable bonds is 3. The summed E-state index contributed by atoms with van der Waals surface area (Å²) in [6.45, 7) is 5.13. The summed E-state index contributed by atoms with van der Waals surface area (Å²) in [4.78, 5) is -0.00989. The first-order valence-corrected chi connectivity index (χ1v) is 7.73. The highest BCUT2D eigenvalue weighted by molar-refractivity contribution is 7.92. The molecule has 0 spiro atoms. The van der Waals surface area contributed by atoms with Gasteiger partial charge in [-0.2, -0.15) is 10.2 Å². The van der Waals surface area contributed by atoms with E-state index in [1.165, 1.54) is 4.68 Å². The molecule has 110 valence electrons. The van der Waals surface area contributed by atoms with Gasteiger partial charge < -0.3 is 0 Å². The molecule has 2 aromatic rings. The average Bonchev–Trinajstić information content (AvgIpc) is 2.70. The van der Waals surface area contributed by atoms with Crippen LogP contribution < -0.4 is 4.72 Å². The van der Waals surface area contributed by atoms with E-state index in [4.69, 9.17) is 11.6 Å². The van der Waals surface area contributed by atoms with Crippen LogP contribution in [0.2, 0.25) is 5.15 Å². The lowest BCUT2D eigenvalue weighted by Gasteiger charge is -2.08. The van der Waals surface area contributed by atoms with E-state index < -0.39 is 10.0 Å².